The molecule has 158 valence electrons. The van der Waals surface area contributed by atoms with E-state index in [0.717, 1.165) is 5.52 Å². The summed E-state index contributed by atoms with van der Waals surface area (Å²) >= 11 is 1.19. The molecule has 0 N–H and O–H groups in total. The molecule has 0 saturated carbocycles. The predicted molar refractivity (Wildman–Crippen MR) is 111 cm³/mol. The van der Waals surface area contributed by atoms with E-state index in [1.165, 1.54) is 47.0 Å². The molecule has 0 spiro atoms. The Morgan fingerprint density at radius 2 is 1.97 bits per heavy atom. The van der Waals surface area contributed by atoms with Crippen molar-refractivity contribution in [2.24, 2.45) is 12.0 Å². The lowest BCUT2D eigenvalue weighted by Crippen LogP contribution is -2.40. The zero-order valence-corrected chi connectivity index (χ0v) is 18.0. The van der Waals surface area contributed by atoms with Gasteiger partial charge in [0.2, 0.25) is 10.0 Å². The van der Waals surface area contributed by atoms with Gasteiger partial charge in [-0.25, -0.2) is 12.8 Å². The number of nitrogens with zero attached hydrogens (tertiary/aromatic N) is 3. The van der Waals surface area contributed by atoms with Gasteiger partial charge in [0.1, 0.15) is 17.6 Å². The van der Waals surface area contributed by atoms with Gasteiger partial charge in [0.05, 0.1) is 22.2 Å². The van der Waals surface area contributed by atoms with Crippen molar-refractivity contribution in [3.8, 4) is 5.75 Å². The van der Waals surface area contributed by atoms with Crippen LogP contribution in [0.5, 0.6) is 5.75 Å². The number of ether oxygens (including phenoxy) is 1. The Bertz CT molecular complexity index is 1280. The van der Waals surface area contributed by atoms with Crippen molar-refractivity contribution >= 4 is 37.5 Å². The second kappa shape index (κ2) is 7.93. The van der Waals surface area contributed by atoms with E-state index in [0.29, 0.717) is 28.1 Å². The number of sulfonamides is 1. The molecule has 1 aliphatic heterocycles. The van der Waals surface area contributed by atoms with Crippen molar-refractivity contribution in [1.82, 2.24) is 8.87 Å². The van der Waals surface area contributed by atoms with Crippen LogP contribution in [0.4, 0.5) is 4.39 Å². The number of amides is 1. The maximum absolute atomic E-state index is 13.5. The fourth-order valence-electron chi connectivity index (χ4n) is 3.54. The summed E-state index contributed by atoms with van der Waals surface area (Å²) in [6.07, 6.45) is 0.978. The fraction of sp³-hybridized carbons (Fsp3) is 0.300. The monoisotopic (exact) mass is 449 g/mol. The van der Waals surface area contributed by atoms with E-state index < -0.39 is 22.0 Å². The van der Waals surface area contributed by atoms with Gasteiger partial charge in [0.25, 0.3) is 5.91 Å². The standard InChI is InChI=1S/C20H20FN3O4S2/c1-23-16-10-5-13(21)12-18(16)29-20(23)22-19(25)17-4-3-11-24(17)30(26,27)15-8-6-14(28-2)7-9-15/h5-10,12,17H,3-4,11H2,1-2H3/t17-/m0/s1. The molecule has 1 atom stereocenters. The Kier molecular flexibility index (Phi) is 5.48. The summed E-state index contributed by atoms with van der Waals surface area (Å²) in [5.41, 5.74) is 0.752. The van der Waals surface area contributed by atoms with Crippen molar-refractivity contribution in [2.75, 3.05) is 13.7 Å². The summed E-state index contributed by atoms with van der Waals surface area (Å²) in [6.45, 7) is 0.254. The van der Waals surface area contributed by atoms with E-state index >= 15 is 0 Å². The molecule has 1 aliphatic rings. The molecule has 4 rings (SSSR count). The van der Waals surface area contributed by atoms with E-state index in [-0.39, 0.29) is 17.3 Å². The summed E-state index contributed by atoms with van der Waals surface area (Å²) in [5.74, 6) is -0.339. The molecule has 10 heteroatoms. The van der Waals surface area contributed by atoms with Crippen LogP contribution in [0.25, 0.3) is 10.2 Å². The third kappa shape index (κ3) is 3.66. The van der Waals surface area contributed by atoms with E-state index in [2.05, 4.69) is 4.99 Å². The summed E-state index contributed by atoms with van der Waals surface area (Å²) in [4.78, 5) is 17.6. The number of carbonyl (C=O) groups is 1. The molecule has 3 aromatic rings. The van der Waals surface area contributed by atoms with Crippen molar-refractivity contribution in [2.45, 2.75) is 23.8 Å². The van der Waals surface area contributed by atoms with Gasteiger partial charge in [0.15, 0.2) is 4.80 Å². The normalized spacial score (nSPS) is 18.2. The van der Waals surface area contributed by atoms with E-state index in [1.54, 1.807) is 29.8 Å². The van der Waals surface area contributed by atoms with Crippen LogP contribution in [0, 0.1) is 5.82 Å². The minimum atomic E-state index is -3.85. The van der Waals surface area contributed by atoms with E-state index in [1.807, 2.05) is 0 Å². The topological polar surface area (TPSA) is 81.0 Å². The third-order valence-corrected chi connectivity index (χ3v) is 8.15. The lowest BCUT2D eigenvalue weighted by Gasteiger charge is -2.21. The molecule has 2 aromatic carbocycles. The van der Waals surface area contributed by atoms with Gasteiger partial charge in [-0.3, -0.25) is 4.79 Å². The molecule has 1 fully saturated rings. The van der Waals surface area contributed by atoms with Crippen LogP contribution in [0.1, 0.15) is 12.8 Å². The highest BCUT2D eigenvalue weighted by Crippen LogP contribution is 2.28. The van der Waals surface area contributed by atoms with Gasteiger partial charge in [-0.15, -0.1) is 0 Å². The fourth-order valence-corrected chi connectivity index (χ4v) is 6.24. The summed E-state index contributed by atoms with van der Waals surface area (Å²) < 4.78 is 48.3. The molecular weight excluding hydrogens is 429 g/mol. The molecule has 0 radical (unpaired) electrons. The van der Waals surface area contributed by atoms with Crippen LogP contribution in [0.15, 0.2) is 52.4 Å². The number of hydrogen-bond acceptors (Lipinski definition) is 5. The van der Waals surface area contributed by atoms with Crippen LogP contribution in [-0.2, 0) is 21.9 Å². The molecule has 2 heterocycles. The molecule has 7 nitrogen and oxygen atoms in total. The largest absolute Gasteiger partial charge is 0.497 e. The van der Waals surface area contributed by atoms with Gasteiger partial charge in [0, 0.05) is 13.6 Å². The molecular formula is C20H20FN3O4S2. The van der Waals surface area contributed by atoms with E-state index in [9.17, 15) is 17.6 Å². The molecule has 1 aromatic heterocycles. The number of aryl methyl sites for hydroxylation is 1. The summed E-state index contributed by atoms with van der Waals surface area (Å²) in [7, 11) is -0.605. The lowest BCUT2D eigenvalue weighted by atomic mass is 10.2. The zero-order chi connectivity index (χ0) is 21.5. The van der Waals surface area contributed by atoms with Crippen LogP contribution >= 0.6 is 11.3 Å². The van der Waals surface area contributed by atoms with Crippen molar-refractivity contribution in [1.29, 1.82) is 0 Å². The number of fused-ring (bicyclic) bond motifs is 1. The zero-order valence-electron chi connectivity index (χ0n) is 16.4. The lowest BCUT2D eigenvalue weighted by molar-refractivity contribution is -0.121. The highest BCUT2D eigenvalue weighted by atomic mass is 32.2. The average Bonchev–Trinajstić information content (AvgIpc) is 3.34. The Morgan fingerprint density at radius 1 is 1.23 bits per heavy atom. The SMILES string of the molecule is COc1ccc(S(=O)(=O)N2CCC[C@H]2C(=O)N=c2sc3cc(F)ccc3n2C)cc1. The molecule has 0 bridgehead atoms. The molecule has 30 heavy (non-hydrogen) atoms. The maximum Gasteiger partial charge on any atom is 0.266 e. The predicted octanol–water partition coefficient (Wildman–Crippen LogP) is 2.67. The number of thiazole rings is 1. The second-order valence-corrected chi connectivity index (χ2v) is 9.85. The van der Waals surface area contributed by atoms with Crippen LogP contribution in [0.2, 0.25) is 0 Å². The Balaban J connectivity index is 1.67. The van der Waals surface area contributed by atoms with Crippen molar-refractivity contribution in [3.05, 3.63) is 53.1 Å². The number of aromatic nitrogens is 1. The van der Waals surface area contributed by atoms with Gasteiger partial charge in [-0.05, 0) is 55.3 Å². The second-order valence-electron chi connectivity index (χ2n) is 6.96. The van der Waals surface area contributed by atoms with Gasteiger partial charge in [-0.1, -0.05) is 11.3 Å². The average molecular weight is 450 g/mol. The number of benzene rings is 2. The smallest absolute Gasteiger partial charge is 0.266 e. The summed E-state index contributed by atoms with van der Waals surface area (Å²) in [6, 6.07) is 9.57. The number of halogens is 1. The highest BCUT2D eigenvalue weighted by molar-refractivity contribution is 7.89. The number of hydrogen-bond donors (Lipinski definition) is 0. The molecule has 1 amide bonds. The minimum absolute atomic E-state index is 0.103. The molecule has 1 saturated heterocycles. The highest BCUT2D eigenvalue weighted by Gasteiger charge is 2.39. The molecule has 0 aliphatic carbocycles. The van der Waals surface area contributed by atoms with Crippen molar-refractivity contribution in [3.63, 3.8) is 0 Å². The van der Waals surface area contributed by atoms with Gasteiger partial charge < -0.3 is 9.30 Å². The Labute approximate surface area is 177 Å². The first-order chi connectivity index (χ1) is 14.3. The molecule has 0 unspecified atom stereocenters. The first kappa shape index (κ1) is 20.7. The first-order valence-electron chi connectivity index (χ1n) is 9.31. The van der Waals surface area contributed by atoms with Crippen molar-refractivity contribution < 1.29 is 22.3 Å². The van der Waals surface area contributed by atoms with Crippen LogP contribution in [0.3, 0.4) is 0 Å². The number of methoxy groups -OCH3 is 1. The number of rotatable bonds is 4. The minimum Gasteiger partial charge on any atom is -0.497 e. The number of carbonyl (C=O) groups excluding carboxylic acids is 1. The van der Waals surface area contributed by atoms with Crippen LogP contribution < -0.4 is 9.54 Å². The third-order valence-electron chi connectivity index (χ3n) is 5.13. The van der Waals surface area contributed by atoms with Gasteiger partial charge >= 0.3 is 0 Å². The quantitative estimate of drug-likeness (QED) is 0.613. The maximum atomic E-state index is 13.5. The Morgan fingerprint density at radius 3 is 2.67 bits per heavy atom. The first-order valence-corrected chi connectivity index (χ1v) is 11.6. The Hall–Kier alpha value is -2.56. The van der Waals surface area contributed by atoms with Crippen LogP contribution in [-0.4, -0.2) is 42.9 Å². The van der Waals surface area contributed by atoms with Gasteiger partial charge in [-0.2, -0.15) is 9.30 Å². The van der Waals surface area contributed by atoms with E-state index in [4.69, 9.17) is 4.74 Å². The summed E-state index contributed by atoms with van der Waals surface area (Å²) in [5, 5.41) is 0.